The van der Waals surface area contributed by atoms with Crippen molar-refractivity contribution < 1.29 is 29.3 Å². The summed E-state index contributed by atoms with van der Waals surface area (Å²) in [6.45, 7) is -0.00824. The molecule has 10 heteroatoms. The summed E-state index contributed by atoms with van der Waals surface area (Å²) in [5.41, 5.74) is 3.37. The molecule has 2 heterocycles. The summed E-state index contributed by atoms with van der Waals surface area (Å²) in [5.74, 6) is -0.285. The number of thioether (sulfide) groups is 1. The number of aliphatic hydroxyl groups excluding tert-OH is 1. The molecule has 4 rings (SSSR count). The normalized spacial score (nSPS) is 19.3. The van der Waals surface area contributed by atoms with E-state index in [0.717, 1.165) is 21.8 Å². The molecule has 0 spiro atoms. The largest absolute Gasteiger partial charge is 0.481 e. The molecule has 1 amide bonds. The molecule has 3 N–H and O–H groups in total. The lowest BCUT2D eigenvalue weighted by molar-refractivity contribution is -0.245. The van der Waals surface area contributed by atoms with Crippen molar-refractivity contribution in [3.8, 4) is 0 Å². The van der Waals surface area contributed by atoms with Crippen LogP contribution in [0.15, 0.2) is 66.1 Å². The molecule has 202 valence electrons. The van der Waals surface area contributed by atoms with Gasteiger partial charge in [-0.3, -0.25) is 9.59 Å². The molecule has 0 radical (unpaired) electrons. The highest BCUT2D eigenvalue weighted by atomic mass is 32.2. The molecule has 2 aromatic carbocycles. The Labute approximate surface area is 226 Å². The van der Waals surface area contributed by atoms with Gasteiger partial charge in [0.2, 0.25) is 5.91 Å². The number of rotatable bonds is 12. The Morgan fingerprint density at radius 3 is 2.42 bits per heavy atom. The number of ether oxygens (including phenoxy) is 2. The number of aromatic nitrogens is 2. The fourth-order valence-electron chi connectivity index (χ4n) is 4.19. The Balaban J connectivity index is 1.41. The molecule has 0 saturated carbocycles. The number of carboxylic acids is 1. The van der Waals surface area contributed by atoms with Crippen LogP contribution in [0.3, 0.4) is 0 Å². The van der Waals surface area contributed by atoms with Gasteiger partial charge in [-0.15, -0.1) is 0 Å². The van der Waals surface area contributed by atoms with Gasteiger partial charge in [-0.2, -0.15) is 0 Å². The molecule has 1 aromatic heterocycles. The summed E-state index contributed by atoms with van der Waals surface area (Å²) < 4.78 is 14.7. The third-order valence-corrected chi connectivity index (χ3v) is 7.49. The maximum absolute atomic E-state index is 12.2. The van der Waals surface area contributed by atoms with E-state index in [1.54, 1.807) is 18.0 Å². The number of hydrogen-bond donors (Lipinski definition) is 3. The molecular weight excluding hydrogens is 506 g/mol. The van der Waals surface area contributed by atoms with Crippen molar-refractivity contribution in [1.29, 1.82) is 0 Å². The van der Waals surface area contributed by atoms with Crippen molar-refractivity contribution in [1.82, 2.24) is 9.55 Å². The molecule has 0 unspecified atom stereocenters. The molecule has 3 aromatic rings. The molecule has 9 nitrogen and oxygen atoms in total. The van der Waals surface area contributed by atoms with Crippen LogP contribution in [0.5, 0.6) is 0 Å². The standard InChI is InChI=1S/C28H33N3O6S/c1-31-15-14-29-28(31)38-18-23-16-24(20-8-6-19(17-32)7-9-20)37-27(36-23)21-10-12-22(13-11-21)30-25(33)4-2-3-5-26(34)35/h6-15,23-24,27,32H,2-5,16-18H2,1H3,(H,30,33)(H,34,35)/t23-,24+,27+/m0/s1. The number of benzene rings is 2. The predicted molar refractivity (Wildman–Crippen MR) is 144 cm³/mol. The molecule has 0 aliphatic carbocycles. The summed E-state index contributed by atoms with van der Waals surface area (Å²) in [6.07, 6.45) is 4.87. The third kappa shape index (κ3) is 7.91. The molecule has 0 bridgehead atoms. The smallest absolute Gasteiger partial charge is 0.303 e. The first-order chi connectivity index (χ1) is 18.4. The lowest BCUT2D eigenvalue weighted by Crippen LogP contribution is -2.31. The number of carbonyl (C=O) groups excluding carboxylic acids is 1. The molecule has 1 saturated heterocycles. The topological polar surface area (TPSA) is 123 Å². The monoisotopic (exact) mass is 539 g/mol. The first-order valence-electron chi connectivity index (χ1n) is 12.6. The van der Waals surface area contributed by atoms with Gasteiger partial charge in [0.05, 0.1) is 18.8 Å². The highest BCUT2D eigenvalue weighted by molar-refractivity contribution is 7.99. The molecule has 3 atom stereocenters. The van der Waals surface area contributed by atoms with Gasteiger partial charge < -0.3 is 29.6 Å². The molecular formula is C28H33N3O6S. The Morgan fingerprint density at radius 1 is 1.05 bits per heavy atom. The van der Waals surface area contributed by atoms with E-state index >= 15 is 0 Å². The fraction of sp³-hybridized carbons (Fsp3) is 0.393. The molecule has 1 aliphatic heterocycles. The number of nitrogens with zero attached hydrogens (tertiary/aromatic N) is 2. The molecule has 1 fully saturated rings. The van der Waals surface area contributed by atoms with Crippen LogP contribution in [0.4, 0.5) is 5.69 Å². The highest BCUT2D eigenvalue weighted by Crippen LogP contribution is 2.39. The van der Waals surface area contributed by atoms with Crippen LogP contribution in [0.25, 0.3) is 0 Å². The van der Waals surface area contributed by atoms with E-state index in [2.05, 4.69) is 10.3 Å². The minimum Gasteiger partial charge on any atom is -0.481 e. The number of unbranched alkanes of at least 4 members (excludes halogenated alkanes) is 1. The number of carbonyl (C=O) groups is 2. The van der Waals surface area contributed by atoms with Gasteiger partial charge in [0.15, 0.2) is 11.4 Å². The van der Waals surface area contributed by atoms with Crippen molar-refractivity contribution in [2.45, 2.75) is 62.4 Å². The Morgan fingerprint density at radius 2 is 1.76 bits per heavy atom. The van der Waals surface area contributed by atoms with E-state index in [0.29, 0.717) is 30.7 Å². The van der Waals surface area contributed by atoms with Gasteiger partial charge in [-0.05, 0) is 36.1 Å². The Hall–Kier alpha value is -3.18. The average molecular weight is 540 g/mol. The Bertz CT molecular complexity index is 1200. The van der Waals surface area contributed by atoms with E-state index in [-0.39, 0.29) is 37.6 Å². The van der Waals surface area contributed by atoms with E-state index < -0.39 is 12.3 Å². The summed E-state index contributed by atoms with van der Waals surface area (Å²) >= 11 is 1.64. The van der Waals surface area contributed by atoms with Gasteiger partial charge in [0, 0.05) is 55.7 Å². The van der Waals surface area contributed by atoms with Crippen LogP contribution < -0.4 is 5.32 Å². The number of hydrogen-bond acceptors (Lipinski definition) is 7. The summed E-state index contributed by atoms with van der Waals surface area (Å²) in [7, 11) is 1.96. The van der Waals surface area contributed by atoms with Gasteiger partial charge in [0.25, 0.3) is 0 Å². The van der Waals surface area contributed by atoms with Crippen LogP contribution in [0.2, 0.25) is 0 Å². The van der Waals surface area contributed by atoms with E-state index in [9.17, 15) is 14.7 Å². The number of carboxylic acid groups (broad SMARTS) is 1. The van der Waals surface area contributed by atoms with Crippen LogP contribution in [0.1, 0.15) is 61.2 Å². The second kappa shape index (κ2) is 13.6. The first kappa shape index (κ1) is 27.8. The maximum atomic E-state index is 12.2. The van der Waals surface area contributed by atoms with Crippen LogP contribution in [0, 0.1) is 0 Å². The number of aliphatic hydroxyl groups is 1. The molecule has 1 aliphatic rings. The van der Waals surface area contributed by atoms with Crippen molar-refractivity contribution in [2.24, 2.45) is 7.05 Å². The fourth-order valence-corrected chi connectivity index (χ4v) is 5.14. The highest BCUT2D eigenvalue weighted by Gasteiger charge is 2.32. The van der Waals surface area contributed by atoms with Gasteiger partial charge >= 0.3 is 5.97 Å². The number of nitrogens with one attached hydrogen (secondary N) is 1. The van der Waals surface area contributed by atoms with Gasteiger partial charge in [0.1, 0.15) is 0 Å². The number of amides is 1. The lowest BCUT2D eigenvalue weighted by atomic mass is 10.0. The average Bonchev–Trinajstić information content (AvgIpc) is 3.34. The maximum Gasteiger partial charge on any atom is 0.303 e. The van der Waals surface area contributed by atoms with Crippen LogP contribution in [-0.2, 0) is 32.7 Å². The molecule has 38 heavy (non-hydrogen) atoms. The lowest BCUT2D eigenvalue weighted by Gasteiger charge is -2.36. The van der Waals surface area contributed by atoms with Crippen molar-refractivity contribution in [3.05, 3.63) is 77.6 Å². The zero-order chi connectivity index (χ0) is 26.9. The number of aliphatic carboxylic acids is 1. The predicted octanol–water partition coefficient (Wildman–Crippen LogP) is 4.83. The van der Waals surface area contributed by atoms with E-state index in [4.69, 9.17) is 14.6 Å². The quantitative estimate of drug-likeness (QED) is 0.221. The number of anilines is 1. The van der Waals surface area contributed by atoms with Crippen LogP contribution in [-0.4, -0.2) is 43.5 Å². The second-order valence-corrected chi connectivity index (χ2v) is 10.2. The Kier molecular flexibility index (Phi) is 9.94. The zero-order valence-electron chi connectivity index (χ0n) is 21.3. The SMILES string of the molecule is Cn1ccnc1SC[C@@H]1C[C@H](c2ccc(CO)cc2)O[C@H](c2ccc(NC(=O)CCCCC(=O)O)cc2)O1. The zero-order valence-corrected chi connectivity index (χ0v) is 22.1. The second-order valence-electron chi connectivity index (χ2n) is 9.25. The van der Waals surface area contributed by atoms with Crippen LogP contribution >= 0.6 is 11.8 Å². The van der Waals surface area contributed by atoms with Crippen molar-refractivity contribution >= 4 is 29.3 Å². The summed E-state index contributed by atoms with van der Waals surface area (Å²) in [4.78, 5) is 27.2. The minimum absolute atomic E-state index is 0.00824. The number of aryl methyl sites for hydroxylation is 1. The van der Waals surface area contributed by atoms with Gasteiger partial charge in [-0.1, -0.05) is 48.2 Å². The third-order valence-electron chi connectivity index (χ3n) is 6.30. The van der Waals surface area contributed by atoms with E-state index in [1.165, 1.54) is 0 Å². The summed E-state index contributed by atoms with van der Waals surface area (Å²) in [6, 6.07) is 15.2. The van der Waals surface area contributed by atoms with Gasteiger partial charge in [-0.25, -0.2) is 4.98 Å². The first-order valence-corrected chi connectivity index (χ1v) is 13.6. The van der Waals surface area contributed by atoms with Crippen molar-refractivity contribution in [3.63, 3.8) is 0 Å². The van der Waals surface area contributed by atoms with E-state index in [1.807, 2.05) is 66.3 Å². The van der Waals surface area contributed by atoms with Crippen molar-refractivity contribution in [2.75, 3.05) is 11.1 Å². The summed E-state index contributed by atoms with van der Waals surface area (Å²) in [5, 5.41) is 21.9. The number of imidazole rings is 1. The minimum atomic E-state index is -0.852.